The first-order valence-electron chi connectivity index (χ1n) is 8.27. The topological polar surface area (TPSA) is 50.4 Å². The maximum atomic E-state index is 12.2. The Morgan fingerprint density at radius 2 is 1.77 bits per heavy atom. The number of carbonyl (C=O) groups is 1. The van der Waals surface area contributed by atoms with Gasteiger partial charge >= 0.3 is 0 Å². The van der Waals surface area contributed by atoms with Crippen LogP contribution in [0.3, 0.4) is 0 Å². The van der Waals surface area contributed by atoms with E-state index in [1.165, 1.54) is 18.4 Å². The Morgan fingerprint density at radius 3 is 2.36 bits per heavy atom. The largest absolute Gasteiger partial charge is 0.483 e. The van der Waals surface area contributed by atoms with Crippen molar-refractivity contribution in [2.24, 2.45) is 0 Å². The minimum atomic E-state index is -0.00863. The van der Waals surface area contributed by atoms with Gasteiger partial charge in [-0.3, -0.25) is 4.79 Å². The van der Waals surface area contributed by atoms with Crippen LogP contribution in [-0.2, 0) is 4.79 Å². The summed E-state index contributed by atoms with van der Waals surface area (Å²) in [6, 6.07) is 5.66. The molecule has 2 bridgehead atoms. The lowest BCUT2D eigenvalue weighted by atomic mass is 10.00. The molecular formula is C18H26N2O2. The molecule has 2 saturated heterocycles. The molecule has 3 rings (SSSR count). The fourth-order valence-electron chi connectivity index (χ4n) is 3.98. The van der Waals surface area contributed by atoms with Crippen molar-refractivity contribution in [1.29, 1.82) is 0 Å². The first-order valence-corrected chi connectivity index (χ1v) is 8.27. The highest BCUT2D eigenvalue weighted by Crippen LogP contribution is 2.27. The van der Waals surface area contributed by atoms with Crippen LogP contribution in [0.5, 0.6) is 5.75 Å². The molecular weight excluding hydrogens is 276 g/mol. The van der Waals surface area contributed by atoms with Crippen LogP contribution in [0, 0.1) is 20.8 Å². The van der Waals surface area contributed by atoms with Crippen LogP contribution in [0.25, 0.3) is 0 Å². The quantitative estimate of drug-likeness (QED) is 0.898. The number of hydrogen-bond donors (Lipinski definition) is 2. The van der Waals surface area contributed by atoms with E-state index >= 15 is 0 Å². The summed E-state index contributed by atoms with van der Waals surface area (Å²) in [4.78, 5) is 12.2. The Balaban J connectivity index is 1.52. The molecule has 0 aromatic heterocycles. The molecule has 22 heavy (non-hydrogen) atoms. The number of rotatable bonds is 4. The Bertz CT molecular complexity index is 535. The second-order valence-corrected chi connectivity index (χ2v) is 6.89. The molecule has 0 saturated carbocycles. The summed E-state index contributed by atoms with van der Waals surface area (Å²) in [6.07, 6.45) is 4.58. The van der Waals surface area contributed by atoms with E-state index in [4.69, 9.17) is 4.74 Å². The van der Waals surface area contributed by atoms with Crippen molar-refractivity contribution in [3.63, 3.8) is 0 Å². The molecule has 4 nitrogen and oxygen atoms in total. The van der Waals surface area contributed by atoms with Crippen molar-refractivity contribution in [3.8, 4) is 5.75 Å². The molecule has 0 radical (unpaired) electrons. The van der Waals surface area contributed by atoms with Crippen LogP contribution >= 0.6 is 0 Å². The van der Waals surface area contributed by atoms with E-state index in [0.717, 1.165) is 29.7 Å². The van der Waals surface area contributed by atoms with E-state index in [1.807, 2.05) is 13.8 Å². The average Bonchev–Trinajstić information content (AvgIpc) is 2.76. The van der Waals surface area contributed by atoms with Gasteiger partial charge in [0.15, 0.2) is 6.61 Å². The number of hydrogen-bond acceptors (Lipinski definition) is 3. The van der Waals surface area contributed by atoms with Gasteiger partial charge in [0.2, 0.25) is 0 Å². The van der Waals surface area contributed by atoms with Crippen molar-refractivity contribution in [3.05, 3.63) is 28.8 Å². The van der Waals surface area contributed by atoms with Gasteiger partial charge in [0.25, 0.3) is 5.91 Å². The number of amides is 1. The number of nitrogens with one attached hydrogen (secondary N) is 2. The van der Waals surface area contributed by atoms with E-state index in [-0.39, 0.29) is 12.5 Å². The van der Waals surface area contributed by atoms with Crippen LogP contribution in [0.15, 0.2) is 12.1 Å². The molecule has 1 aromatic carbocycles. The smallest absolute Gasteiger partial charge is 0.258 e. The van der Waals surface area contributed by atoms with Gasteiger partial charge in [-0.05, 0) is 57.6 Å². The molecule has 2 N–H and O–H groups in total. The molecule has 2 fully saturated rings. The van der Waals surface area contributed by atoms with Gasteiger partial charge in [-0.25, -0.2) is 0 Å². The third-order valence-corrected chi connectivity index (χ3v) is 4.79. The average molecular weight is 302 g/mol. The van der Waals surface area contributed by atoms with Crippen molar-refractivity contribution in [2.75, 3.05) is 6.61 Å². The van der Waals surface area contributed by atoms with Crippen LogP contribution in [0.1, 0.15) is 42.4 Å². The van der Waals surface area contributed by atoms with Crippen molar-refractivity contribution in [2.45, 2.75) is 64.6 Å². The van der Waals surface area contributed by atoms with E-state index in [0.29, 0.717) is 18.1 Å². The zero-order valence-corrected chi connectivity index (χ0v) is 13.7. The first kappa shape index (κ1) is 15.3. The predicted molar refractivity (Wildman–Crippen MR) is 87.3 cm³/mol. The van der Waals surface area contributed by atoms with Gasteiger partial charge in [-0.2, -0.15) is 0 Å². The minimum absolute atomic E-state index is 0.00863. The summed E-state index contributed by atoms with van der Waals surface area (Å²) >= 11 is 0. The summed E-state index contributed by atoms with van der Waals surface area (Å²) in [5, 5.41) is 6.73. The van der Waals surface area contributed by atoms with Gasteiger partial charge in [0.05, 0.1) is 0 Å². The highest BCUT2D eigenvalue weighted by Gasteiger charge is 2.33. The van der Waals surface area contributed by atoms with Gasteiger partial charge in [-0.15, -0.1) is 0 Å². The zero-order chi connectivity index (χ0) is 15.7. The molecule has 0 spiro atoms. The van der Waals surface area contributed by atoms with Gasteiger partial charge < -0.3 is 15.4 Å². The second kappa shape index (κ2) is 6.29. The van der Waals surface area contributed by atoms with Crippen LogP contribution < -0.4 is 15.4 Å². The lowest BCUT2D eigenvalue weighted by Gasteiger charge is -2.29. The Hall–Kier alpha value is -1.55. The second-order valence-electron chi connectivity index (χ2n) is 6.89. The summed E-state index contributed by atoms with van der Waals surface area (Å²) in [6.45, 7) is 6.22. The van der Waals surface area contributed by atoms with Crippen molar-refractivity contribution in [1.82, 2.24) is 10.6 Å². The molecule has 0 aliphatic carbocycles. The number of aryl methyl sites for hydroxylation is 3. The molecule has 1 aromatic rings. The number of benzene rings is 1. The van der Waals surface area contributed by atoms with Crippen molar-refractivity contribution < 1.29 is 9.53 Å². The molecule has 2 atom stereocenters. The third-order valence-electron chi connectivity index (χ3n) is 4.79. The fraction of sp³-hybridized carbons (Fsp3) is 0.611. The molecule has 2 aliphatic heterocycles. The minimum Gasteiger partial charge on any atom is -0.483 e. The maximum absolute atomic E-state index is 12.2. The normalized spacial score (nSPS) is 26.8. The zero-order valence-electron chi connectivity index (χ0n) is 13.7. The van der Waals surface area contributed by atoms with Gasteiger partial charge in [0, 0.05) is 18.1 Å². The highest BCUT2D eigenvalue weighted by atomic mass is 16.5. The SMILES string of the molecule is Cc1cc(C)c(OCC(=O)NC2CC3CCC(C2)N3)c(C)c1. The van der Waals surface area contributed by atoms with Crippen LogP contribution in [-0.4, -0.2) is 30.6 Å². The Kier molecular flexibility index (Phi) is 4.39. The lowest BCUT2D eigenvalue weighted by molar-refractivity contribution is -0.124. The van der Waals surface area contributed by atoms with E-state index in [1.54, 1.807) is 0 Å². The molecule has 2 unspecified atom stereocenters. The molecule has 2 aliphatic rings. The monoisotopic (exact) mass is 302 g/mol. The fourth-order valence-corrected chi connectivity index (χ4v) is 3.98. The van der Waals surface area contributed by atoms with Crippen LogP contribution in [0.4, 0.5) is 0 Å². The highest BCUT2D eigenvalue weighted by molar-refractivity contribution is 5.78. The van der Waals surface area contributed by atoms with Gasteiger partial charge in [0.1, 0.15) is 5.75 Å². The van der Waals surface area contributed by atoms with E-state index < -0.39 is 0 Å². The maximum Gasteiger partial charge on any atom is 0.258 e. The molecule has 120 valence electrons. The number of piperidine rings is 1. The summed E-state index contributed by atoms with van der Waals surface area (Å²) in [5.74, 6) is 0.830. The first-order chi connectivity index (χ1) is 10.5. The molecule has 2 heterocycles. The van der Waals surface area contributed by atoms with Crippen molar-refractivity contribution >= 4 is 5.91 Å². The summed E-state index contributed by atoms with van der Waals surface area (Å²) in [7, 11) is 0. The number of carbonyl (C=O) groups excluding carboxylic acids is 1. The molecule has 4 heteroatoms. The predicted octanol–water partition coefficient (Wildman–Crippen LogP) is 2.39. The van der Waals surface area contributed by atoms with E-state index in [2.05, 4.69) is 29.7 Å². The standard InChI is InChI=1S/C18H26N2O2/c1-11-6-12(2)18(13(3)7-11)22-10-17(21)20-16-8-14-4-5-15(9-16)19-14/h6-7,14-16,19H,4-5,8-10H2,1-3H3,(H,20,21). The van der Waals surface area contributed by atoms with E-state index in [9.17, 15) is 4.79 Å². The number of fused-ring (bicyclic) bond motifs is 2. The summed E-state index contributed by atoms with van der Waals surface area (Å²) in [5.41, 5.74) is 3.40. The third kappa shape index (κ3) is 3.43. The van der Waals surface area contributed by atoms with Crippen LogP contribution in [0.2, 0.25) is 0 Å². The Labute approximate surface area is 132 Å². The Morgan fingerprint density at radius 1 is 1.18 bits per heavy atom. The van der Waals surface area contributed by atoms with Gasteiger partial charge in [-0.1, -0.05) is 17.7 Å². The number of ether oxygens (including phenoxy) is 1. The summed E-state index contributed by atoms with van der Waals surface area (Å²) < 4.78 is 5.77. The molecule has 1 amide bonds. The lowest BCUT2D eigenvalue weighted by Crippen LogP contribution is -2.49.